The molecule has 1 unspecified atom stereocenters. The summed E-state index contributed by atoms with van der Waals surface area (Å²) in [4.78, 5) is 12.2. The fraction of sp³-hybridized carbons (Fsp3) is 0.458. The van der Waals surface area contributed by atoms with E-state index in [1.54, 1.807) is 0 Å². The topological polar surface area (TPSA) is 49.3 Å². The van der Waals surface area contributed by atoms with Crippen molar-refractivity contribution in [2.24, 2.45) is 10.9 Å². The zero-order valence-electron chi connectivity index (χ0n) is 18.2. The fourth-order valence-corrected chi connectivity index (χ4v) is 5.84. The Bertz CT molecular complexity index is 963. The molecular formula is C24H28ClN4O2S+. The molecule has 1 atom stereocenters. The maximum atomic E-state index is 6.47. The summed E-state index contributed by atoms with van der Waals surface area (Å²) < 4.78 is 7.29. The van der Waals surface area contributed by atoms with E-state index < -0.39 is 0 Å². The normalized spacial score (nSPS) is 24.0. The van der Waals surface area contributed by atoms with Crippen molar-refractivity contribution in [2.75, 3.05) is 46.4 Å². The van der Waals surface area contributed by atoms with Crippen LogP contribution in [0.15, 0.2) is 46.2 Å². The van der Waals surface area contributed by atoms with Crippen LogP contribution in [0.2, 0.25) is 5.02 Å². The fourth-order valence-electron chi connectivity index (χ4n) is 5.15. The lowest BCUT2D eigenvalue weighted by atomic mass is 9.76. The number of rotatable bonds is 5. The third-order valence-electron chi connectivity index (χ3n) is 6.66. The van der Waals surface area contributed by atoms with Crippen LogP contribution in [-0.2, 0) is 9.22 Å². The van der Waals surface area contributed by atoms with Gasteiger partial charge in [-0.15, -0.1) is 4.33 Å². The number of hydrogen-bond acceptors (Lipinski definition) is 7. The van der Waals surface area contributed by atoms with Gasteiger partial charge >= 0.3 is 0 Å². The molecule has 1 aromatic carbocycles. The van der Waals surface area contributed by atoms with Gasteiger partial charge in [0.2, 0.25) is 0 Å². The minimum absolute atomic E-state index is 0.221. The van der Waals surface area contributed by atoms with Crippen molar-refractivity contribution in [3.05, 3.63) is 63.5 Å². The molecule has 0 spiro atoms. The predicted octanol–water partition coefficient (Wildman–Crippen LogP) is 4.23. The first kappa shape index (κ1) is 22.1. The molecule has 1 N–H and O–H groups in total. The van der Waals surface area contributed by atoms with Crippen LogP contribution in [0.4, 0.5) is 0 Å². The molecule has 32 heavy (non-hydrogen) atoms. The van der Waals surface area contributed by atoms with Crippen LogP contribution in [-0.4, -0.2) is 61.8 Å². The Kier molecular flexibility index (Phi) is 6.95. The maximum absolute atomic E-state index is 6.47. The molecule has 168 valence electrons. The molecule has 4 aliphatic rings. The molecular weight excluding hydrogens is 444 g/mol. The van der Waals surface area contributed by atoms with Gasteiger partial charge in [-0.1, -0.05) is 17.7 Å². The lowest BCUT2D eigenvalue weighted by Gasteiger charge is -2.35. The molecule has 1 aromatic rings. The van der Waals surface area contributed by atoms with Gasteiger partial charge < -0.3 is 10.2 Å². The second kappa shape index (κ2) is 10.1. The molecule has 5 rings (SSSR count). The third kappa shape index (κ3) is 4.52. The van der Waals surface area contributed by atoms with Crippen LogP contribution in [0.5, 0.6) is 0 Å². The standard InChI is InChI=1S/C24H28ClN4O2S/c1-30-31-32-29-11-6-17(7-12-29)23-20-5-4-19(25)15-18(20)16-22(28-13-9-26-10-14-28)21-3-2-8-27-24(21)23/h3-5,8,15-17,23,26H,6-7,9-14H2,1H3/q+1. The van der Waals surface area contributed by atoms with Gasteiger partial charge in [-0.3, -0.25) is 0 Å². The van der Waals surface area contributed by atoms with E-state index in [9.17, 15) is 0 Å². The minimum atomic E-state index is 0.221. The van der Waals surface area contributed by atoms with Gasteiger partial charge in [0.1, 0.15) is 29.7 Å². The Morgan fingerprint density at radius 2 is 2.00 bits per heavy atom. The molecule has 2 saturated heterocycles. The molecule has 0 saturated carbocycles. The Labute approximate surface area is 199 Å². The van der Waals surface area contributed by atoms with Gasteiger partial charge in [0.05, 0.1) is 13.0 Å². The molecule has 0 bridgehead atoms. The van der Waals surface area contributed by atoms with Crippen LogP contribution in [0.3, 0.4) is 0 Å². The van der Waals surface area contributed by atoms with Crippen molar-refractivity contribution in [3.8, 4) is 0 Å². The molecule has 6 nitrogen and oxygen atoms in total. The van der Waals surface area contributed by atoms with E-state index in [0.29, 0.717) is 5.92 Å². The Morgan fingerprint density at radius 1 is 1.19 bits per heavy atom. The number of piperidine rings is 1. The van der Waals surface area contributed by atoms with E-state index in [1.807, 2.05) is 12.3 Å². The summed E-state index contributed by atoms with van der Waals surface area (Å²) in [5, 5.41) is 4.23. The van der Waals surface area contributed by atoms with Crippen LogP contribution in [0.25, 0.3) is 6.08 Å². The second-order valence-corrected chi connectivity index (χ2v) is 9.70. The highest BCUT2D eigenvalue weighted by molar-refractivity contribution is 7.92. The monoisotopic (exact) mass is 471 g/mol. The van der Waals surface area contributed by atoms with E-state index in [1.165, 1.54) is 41.7 Å². The zero-order valence-corrected chi connectivity index (χ0v) is 19.8. The lowest BCUT2D eigenvalue weighted by molar-refractivity contribution is -0.163. The molecule has 0 amide bonds. The number of halogens is 1. The van der Waals surface area contributed by atoms with Crippen LogP contribution >= 0.6 is 23.8 Å². The maximum Gasteiger partial charge on any atom is 0.173 e. The highest BCUT2D eigenvalue weighted by atomic mass is 35.5. The Hall–Kier alpha value is -1.70. The summed E-state index contributed by atoms with van der Waals surface area (Å²) in [7, 11) is 1.54. The quantitative estimate of drug-likeness (QED) is 0.228. The summed E-state index contributed by atoms with van der Waals surface area (Å²) >= 11 is 7.76. The number of piperazine rings is 1. The summed E-state index contributed by atoms with van der Waals surface area (Å²) in [5.41, 5.74) is 6.12. The Morgan fingerprint density at radius 3 is 2.78 bits per heavy atom. The average molecular weight is 472 g/mol. The third-order valence-corrected chi connectivity index (χ3v) is 7.67. The van der Waals surface area contributed by atoms with Gasteiger partial charge in [-0.25, -0.2) is 14.2 Å². The smallest absolute Gasteiger partial charge is 0.173 e. The number of benzene rings is 1. The highest BCUT2D eigenvalue weighted by Crippen LogP contribution is 2.47. The minimum Gasteiger partial charge on any atom is -0.352 e. The zero-order chi connectivity index (χ0) is 21.9. The van der Waals surface area contributed by atoms with Crippen molar-refractivity contribution in [3.63, 3.8) is 0 Å². The summed E-state index contributed by atoms with van der Waals surface area (Å²) in [6.07, 6.45) is 11.6. The van der Waals surface area contributed by atoms with Crippen LogP contribution < -0.4 is 5.32 Å². The van der Waals surface area contributed by atoms with E-state index in [-0.39, 0.29) is 5.92 Å². The molecule has 8 heteroatoms. The van der Waals surface area contributed by atoms with Gasteiger partial charge in [0, 0.05) is 44.3 Å². The van der Waals surface area contributed by atoms with E-state index >= 15 is 0 Å². The number of allylic oxidation sites excluding steroid dienone is 3. The average Bonchev–Trinajstić information content (AvgIpc) is 2.98. The van der Waals surface area contributed by atoms with E-state index in [2.05, 4.69) is 44.9 Å². The van der Waals surface area contributed by atoms with Crippen LogP contribution in [0.1, 0.15) is 29.9 Å². The van der Waals surface area contributed by atoms with Crippen molar-refractivity contribution in [1.82, 2.24) is 14.5 Å². The van der Waals surface area contributed by atoms with Crippen molar-refractivity contribution in [2.45, 2.75) is 18.8 Å². The molecule has 2 fully saturated rings. The molecule has 0 aromatic heterocycles. The first-order valence-electron chi connectivity index (χ1n) is 11.2. The van der Waals surface area contributed by atoms with Gasteiger partial charge in [0.15, 0.2) is 17.9 Å². The number of hydrogen-bond donors (Lipinski definition) is 1. The summed E-state index contributed by atoms with van der Waals surface area (Å²) in [5.74, 6) is 0.706. The number of nitrogens with one attached hydrogen (secondary N) is 1. The lowest BCUT2D eigenvalue weighted by Crippen LogP contribution is -2.43. The number of aliphatic imine (C=N–C) groups is 1. The van der Waals surface area contributed by atoms with Crippen LogP contribution in [0, 0.1) is 12.0 Å². The molecule has 1 aliphatic carbocycles. The molecule has 0 radical (unpaired) electrons. The number of nitrogens with zero attached hydrogens (tertiary/aromatic N) is 3. The van der Waals surface area contributed by atoms with Crippen molar-refractivity contribution >= 4 is 36.1 Å². The van der Waals surface area contributed by atoms with Crippen molar-refractivity contribution in [1.29, 1.82) is 0 Å². The molecule has 3 aliphatic heterocycles. The first-order valence-corrected chi connectivity index (χ1v) is 12.3. The van der Waals surface area contributed by atoms with Crippen molar-refractivity contribution < 1.29 is 9.22 Å². The number of fused-ring (bicyclic) bond motifs is 1. The second-order valence-electron chi connectivity index (χ2n) is 8.46. The first-order chi connectivity index (χ1) is 15.7. The van der Waals surface area contributed by atoms with E-state index in [0.717, 1.165) is 62.8 Å². The predicted molar refractivity (Wildman–Crippen MR) is 130 cm³/mol. The SMILES string of the molecule is COOSN1CCC(C2C3=C(C=[C+]C=N3)C(N3CCNCC3)=Cc3cc(Cl)ccc32)CC1. The van der Waals surface area contributed by atoms with Gasteiger partial charge in [-0.05, 0) is 48.1 Å². The highest BCUT2D eigenvalue weighted by Gasteiger charge is 2.40. The van der Waals surface area contributed by atoms with E-state index in [4.69, 9.17) is 25.8 Å². The summed E-state index contributed by atoms with van der Waals surface area (Å²) in [6, 6.07) is 6.33. The van der Waals surface area contributed by atoms with Gasteiger partial charge in [0.25, 0.3) is 0 Å². The Balaban J connectivity index is 1.54. The molecule has 3 heterocycles. The van der Waals surface area contributed by atoms with Gasteiger partial charge in [-0.2, -0.15) is 0 Å². The largest absolute Gasteiger partial charge is 0.352 e. The summed E-state index contributed by atoms with van der Waals surface area (Å²) in [6.45, 7) is 5.84.